The molecule has 18 N–H and O–H groups in total. The molecular weight excluding hydrogens is 1180 g/mol. The van der Waals surface area contributed by atoms with E-state index in [-0.39, 0.29) is 51.0 Å². The Balaban J connectivity index is 0.971. The zero-order chi connectivity index (χ0) is 63.4. The first-order chi connectivity index (χ1) is 41.9. The number of esters is 2. The van der Waals surface area contributed by atoms with Crippen LogP contribution in [0.1, 0.15) is 28.4 Å². The van der Waals surface area contributed by atoms with Crippen LogP contribution >= 0.6 is 0 Å². The first-order valence-corrected chi connectivity index (χ1v) is 27.0. The molecule has 31 heteroatoms. The second-order valence-corrected chi connectivity index (χ2v) is 20.8. The molecule has 9 rings (SSSR count). The van der Waals surface area contributed by atoms with Gasteiger partial charge in [0.25, 0.3) is 0 Å². The number of carbonyl (C=O) groups excluding carboxylic acids is 2. The van der Waals surface area contributed by atoms with Gasteiger partial charge in [-0.15, -0.1) is 0 Å². The molecule has 4 saturated heterocycles. The number of phenolic OH excluding ortho intramolecular Hbond substituents is 5. The summed E-state index contributed by atoms with van der Waals surface area (Å²) in [5, 5.41) is 190. The first-order valence-electron chi connectivity index (χ1n) is 27.0. The van der Waals surface area contributed by atoms with Crippen LogP contribution in [0, 0.1) is 0 Å². The predicted molar refractivity (Wildman–Crippen MR) is 288 cm³/mol. The highest BCUT2D eigenvalue weighted by molar-refractivity contribution is 5.87. The van der Waals surface area contributed by atoms with Gasteiger partial charge in [-0.2, -0.15) is 0 Å². The van der Waals surface area contributed by atoms with Crippen molar-refractivity contribution in [2.75, 3.05) is 26.4 Å². The molecule has 0 spiro atoms. The van der Waals surface area contributed by atoms with Gasteiger partial charge in [0, 0.05) is 29.8 Å². The maximum absolute atomic E-state index is 13.1. The second kappa shape index (κ2) is 27.9. The predicted octanol–water partition coefficient (Wildman–Crippen LogP) is -3.78. The fraction of sp³-hybridized carbons (Fsp3) is 0.439. The van der Waals surface area contributed by atoms with E-state index in [1.807, 2.05) is 0 Å². The van der Waals surface area contributed by atoms with Gasteiger partial charge in [0.05, 0.1) is 18.8 Å². The Kier molecular flexibility index (Phi) is 20.6. The fourth-order valence-corrected chi connectivity index (χ4v) is 9.75. The zero-order valence-electron chi connectivity index (χ0n) is 45.6. The molecule has 31 nitrogen and oxygen atoms in total. The van der Waals surface area contributed by atoms with Crippen LogP contribution in [0.15, 0.2) is 90.7 Å². The maximum Gasteiger partial charge on any atom is 0.330 e. The van der Waals surface area contributed by atoms with E-state index in [2.05, 4.69) is 0 Å². The molecule has 0 bridgehead atoms. The number of aliphatic hydroxyl groups is 13. The molecule has 5 heterocycles. The van der Waals surface area contributed by atoms with Gasteiger partial charge < -0.3 is 144 Å². The molecule has 0 radical (unpaired) electrons. The summed E-state index contributed by atoms with van der Waals surface area (Å²) in [5.74, 6) is -5.32. The molecule has 21 atom stereocenters. The highest BCUT2D eigenvalue weighted by Gasteiger charge is 2.53. The summed E-state index contributed by atoms with van der Waals surface area (Å²) in [7, 11) is 0. The average molecular weight is 1250 g/mol. The molecule has 4 fully saturated rings. The highest BCUT2D eigenvalue weighted by Crippen LogP contribution is 2.46. The van der Waals surface area contributed by atoms with Gasteiger partial charge in [-0.1, -0.05) is 24.3 Å². The van der Waals surface area contributed by atoms with Gasteiger partial charge in [-0.25, -0.2) is 9.59 Å². The number of rotatable bonds is 19. The van der Waals surface area contributed by atoms with E-state index in [1.165, 1.54) is 60.7 Å². The largest absolute Gasteiger partial charge is 0.508 e. The number of ether oxygens (including phenoxy) is 11. The van der Waals surface area contributed by atoms with Gasteiger partial charge in [0.15, 0.2) is 41.5 Å². The molecule has 21 unspecified atom stereocenters. The van der Waals surface area contributed by atoms with Gasteiger partial charge in [-0.3, -0.25) is 0 Å². The van der Waals surface area contributed by atoms with Crippen LogP contribution in [0.25, 0.3) is 18.2 Å². The van der Waals surface area contributed by atoms with Gasteiger partial charge in [-0.05, 0) is 65.8 Å². The van der Waals surface area contributed by atoms with Crippen LogP contribution in [-0.2, 0) is 47.5 Å². The Bertz CT molecular complexity index is 3150. The highest BCUT2D eigenvalue weighted by atomic mass is 16.8. The zero-order valence-corrected chi connectivity index (χ0v) is 45.6. The molecule has 4 aromatic carbocycles. The third-order valence-corrected chi connectivity index (χ3v) is 14.7. The molecule has 0 aromatic heterocycles. The van der Waals surface area contributed by atoms with Gasteiger partial charge >= 0.3 is 11.9 Å². The van der Waals surface area contributed by atoms with E-state index < -0.39 is 190 Å². The van der Waals surface area contributed by atoms with E-state index in [0.717, 1.165) is 42.5 Å². The number of phenols is 5. The Morgan fingerprint density at radius 1 is 0.455 bits per heavy atom. The normalized spacial score (nSPS) is 34.1. The summed E-state index contributed by atoms with van der Waals surface area (Å²) >= 11 is 0. The Morgan fingerprint density at radius 2 is 0.943 bits per heavy atom. The van der Waals surface area contributed by atoms with E-state index >= 15 is 0 Å². The van der Waals surface area contributed by atoms with Crippen molar-refractivity contribution in [1.82, 2.24) is 0 Å². The summed E-state index contributed by atoms with van der Waals surface area (Å²) in [4.78, 5) is 26.1. The minimum absolute atomic E-state index is 0.0862. The van der Waals surface area contributed by atoms with Crippen molar-refractivity contribution < 1.29 is 154 Å². The lowest BCUT2D eigenvalue weighted by Crippen LogP contribution is -2.64. The topological polar surface area (TPSA) is 500 Å². The summed E-state index contributed by atoms with van der Waals surface area (Å²) in [6, 6.07) is 14.8. The van der Waals surface area contributed by atoms with Crippen molar-refractivity contribution in [2.24, 2.45) is 0 Å². The van der Waals surface area contributed by atoms with E-state index in [0.29, 0.717) is 0 Å². The van der Waals surface area contributed by atoms with Crippen LogP contribution in [-0.4, -0.2) is 253 Å². The van der Waals surface area contributed by atoms with Crippen molar-refractivity contribution in [3.63, 3.8) is 0 Å². The lowest BCUT2D eigenvalue weighted by molar-refractivity contribution is -0.364. The minimum Gasteiger partial charge on any atom is -0.508 e. The Labute approximate surface area is 496 Å². The smallest absolute Gasteiger partial charge is 0.330 e. The lowest BCUT2D eigenvalue weighted by atomic mass is 9.97. The van der Waals surface area contributed by atoms with E-state index in [9.17, 15) is 102 Å². The van der Waals surface area contributed by atoms with Crippen molar-refractivity contribution in [1.29, 1.82) is 0 Å². The molecule has 88 heavy (non-hydrogen) atoms. The van der Waals surface area contributed by atoms with Crippen LogP contribution in [0.3, 0.4) is 0 Å². The number of hydrogen-bond donors (Lipinski definition) is 18. The molecule has 0 amide bonds. The molecule has 4 aromatic rings. The van der Waals surface area contributed by atoms with Crippen molar-refractivity contribution >= 4 is 30.2 Å². The van der Waals surface area contributed by atoms with Crippen LogP contribution in [0.5, 0.6) is 46.0 Å². The van der Waals surface area contributed by atoms with Crippen LogP contribution in [0.4, 0.5) is 0 Å². The lowest BCUT2D eigenvalue weighted by Gasteiger charge is -2.46. The van der Waals surface area contributed by atoms with Crippen LogP contribution in [0.2, 0.25) is 0 Å². The number of aromatic hydroxyl groups is 5. The summed E-state index contributed by atoms with van der Waals surface area (Å²) in [6.45, 7) is -3.28. The first kappa shape index (κ1) is 65.0. The third-order valence-electron chi connectivity index (χ3n) is 14.7. The Hall–Kier alpha value is -7.48. The number of carbonyl (C=O) groups is 2. The van der Waals surface area contributed by atoms with Crippen molar-refractivity contribution in [2.45, 2.75) is 129 Å². The SMILES string of the molecule is O=C(C=Cc1ccc(O)c(OC2OC(CO)C(O)C(O)C2O)c1)OCC1OC(OC2C(OC3=Cc4c(cc(O)cc4OC4OC(CO)C(O)C(O)C4O)OC3c3ccc(O)cc3)OC(COC(=O)C=Cc3ccc(O)c(O)c3)C(O)C2O)C(O)C(O)C1O. The number of fused-ring (bicyclic) bond motifs is 1. The van der Waals surface area contributed by atoms with E-state index in [4.69, 9.17) is 52.1 Å². The molecule has 0 aliphatic carbocycles. The van der Waals surface area contributed by atoms with Crippen molar-refractivity contribution in [3.8, 4) is 46.0 Å². The maximum atomic E-state index is 13.1. The fourth-order valence-electron chi connectivity index (χ4n) is 9.75. The minimum atomic E-state index is -2.19. The Morgan fingerprint density at radius 3 is 1.50 bits per heavy atom. The number of aliphatic hydroxyl groups excluding tert-OH is 13. The molecular formula is C57H64O31. The van der Waals surface area contributed by atoms with Crippen LogP contribution < -0.4 is 14.2 Å². The molecule has 5 aliphatic rings. The van der Waals surface area contributed by atoms with Gasteiger partial charge in [0.2, 0.25) is 18.9 Å². The molecule has 478 valence electrons. The monoisotopic (exact) mass is 1240 g/mol. The van der Waals surface area contributed by atoms with E-state index in [1.54, 1.807) is 0 Å². The van der Waals surface area contributed by atoms with Gasteiger partial charge in [0.1, 0.15) is 134 Å². The number of hydrogen-bond acceptors (Lipinski definition) is 31. The number of benzene rings is 4. The van der Waals surface area contributed by atoms with Crippen molar-refractivity contribution in [3.05, 3.63) is 113 Å². The summed E-state index contributed by atoms with van der Waals surface area (Å²) in [6.07, 6.45) is -33.4. The average Bonchev–Trinajstić information content (AvgIpc) is 3.08. The standard InChI is InChI=1S/C57H64O31/c58-18-35-41(67)45(71)49(75)54(84-35)81-32-16-26(61)15-31-27(32)17-34(52(80-31)24-5-7-25(60)8-6-24)83-57-53(48(74)44(70)38(87-57)21-79-39(65)11-3-22-1-9-28(62)30(64)13-22)88-56-51(77)47(73)43(69)37(86-56)20-78-40(66)12-4-23-2-10-29(63)33(14-23)82-55-50(76)46(72)42(68)36(19-59)85-55/h1-17,35-38,41-64,67-77H,18-21H2. The quantitative estimate of drug-likeness (QED) is 0.0243. The summed E-state index contributed by atoms with van der Waals surface area (Å²) in [5.41, 5.74) is 0.565. The second-order valence-electron chi connectivity index (χ2n) is 20.8. The molecule has 0 saturated carbocycles. The summed E-state index contributed by atoms with van der Waals surface area (Å²) < 4.78 is 63.8. The third kappa shape index (κ3) is 14.5. The molecule has 5 aliphatic heterocycles.